The van der Waals surface area contributed by atoms with Gasteiger partial charge in [0.2, 0.25) is 0 Å². The van der Waals surface area contributed by atoms with E-state index in [-0.39, 0.29) is 6.10 Å². The van der Waals surface area contributed by atoms with Crippen LogP contribution in [0.25, 0.3) is 0 Å². The largest absolute Gasteiger partial charge is 0.393 e. The Bertz CT molecular complexity index is 309. The van der Waals surface area contributed by atoms with E-state index in [0.29, 0.717) is 13.0 Å². The smallest absolute Gasteiger partial charge is 0.0555 e. The summed E-state index contributed by atoms with van der Waals surface area (Å²) in [4.78, 5) is 0. The van der Waals surface area contributed by atoms with Crippen LogP contribution < -0.4 is 5.73 Å². The quantitative estimate of drug-likeness (QED) is 0.775. The molecule has 3 N–H and O–H groups in total. The molecule has 0 bridgehead atoms. The summed E-state index contributed by atoms with van der Waals surface area (Å²) in [6.07, 6.45) is 2.19. The first-order valence-electron chi connectivity index (χ1n) is 5.58. The standard InChI is InChI=1S/C13H21NO/c1-10-4-3-5-12(11(10)2)6-7-13(15)8-9-14/h3-5,13,15H,6-9,14H2,1-2H3. The third-order valence-corrected chi connectivity index (χ3v) is 2.96. The van der Waals surface area contributed by atoms with Crippen LogP contribution >= 0.6 is 0 Å². The molecule has 15 heavy (non-hydrogen) atoms. The topological polar surface area (TPSA) is 46.2 Å². The van der Waals surface area contributed by atoms with E-state index < -0.39 is 0 Å². The lowest BCUT2D eigenvalue weighted by molar-refractivity contribution is 0.157. The Morgan fingerprint density at radius 2 is 2.00 bits per heavy atom. The molecule has 0 saturated carbocycles. The Balaban J connectivity index is 2.54. The van der Waals surface area contributed by atoms with Gasteiger partial charge in [0.1, 0.15) is 0 Å². The highest BCUT2D eigenvalue weighted by Gasteiger charge is 2.05. The van der Waals surface area contributed by atoms with Gasteiger partial charge in [-0.15, -0.1) is 0 Å². The second-order valence-corrected chi connectivity index (χ2v) is 4.13. The van der Waals surface area contributed by atoms with Crippen molar-refractivity contribution in [2.24, 2.45) is 5.73 Å². The molecule has 0 saturated heterocycles. The third kappa shape index (κ3) is 3.65. The van der Waals surface area contributed by atoms with E-state index in [9.17, 15) is 5.11 Å². The maximum atomic E-state index is 9.59. The number of aliphatic hydroxyl groups excluding tert-OH is 1. The SMILES string of the molecule is Cc1cccc(CCC(O)CCN)c1C. The van der Waals surface area contributed by atoms with Crippen molar-refractivity contribution in [3.63, 3.8) is 0 Å². The van der Waals surface area contributed by atoms with Crippen molar-refractivity contribution in [3.8, 4) is 0 Å². The van der Waals surface area contributed by atoms with Gasteiger partial charge in [0.25, 0.3) is 0 Å². The van der Waals surface area contributed by atoms with Crippen molar-refractivity contribution in [3.05, 3.63) is 34.9 Å². The predicted molar refractivity (Wildman–Crippen MR) is 63.9 cm³/mol. The fourth-order valence-corrected chi connectivity index (χ4v) is 1.74. The minimum absolute atomic E-state index is 0.255. The minimum atomic E-state index is -0.255. The second-order valence-electron chi connectivity index (χ2n) is 4.13. The summed E-state index contributed by atoms with van der Waals surface area (Å²) in [5.74, 6) is 0. The van der Waals surface area contributed by atoms with Gasteiger partial charge in [0.05, 0.1) is 6.10 Å². The van der Waals surface area contributed by atoms with Gasteiger partial charge in [-0.1, -0.05) is 18.2 Å². The molecule has 2 heteroatoms. The number of hydrogen-bond donors (Lipinski definition) is 2. The van der Waals surface area contributed by atoms with Gasteiger partial charge in [0.15, 0.2) is 0 Å². The summed E-state index contributed by atoms with van der Waals surface area (Å²) in [5, 5.41) is 9.59. The number of rotatable bonds is 5. The Hall–Kier alpha value is -0.860. The fraction of sp³-hybridized carbons (Fsp3) is 0.538. The van der Waals surface area contributed by atoms with Gasteiger partial charge in [-0.25, -0.2) is 0 Å². The normalized spacial score (nSPS) is 12.8. The molecule has 84 valence electrons. The van der Waals surface area contributed by atoms with Gasteiger partial charge < -0.3 is 10.8 Å². The lowest BCUT2D eigenvalue weighted by atomic mass is 9.98. The molecule has 1 rings (SSSR count). The van der Waals surface area contributed by atoms with Crippen LogP contribution in [-0.4, -0.2) is 17.8 Å². The molecule has 0 aliphatic carbocycles. The lowest BCUT2D eigenvalue weighted by Crippen LogP contribution is -2.14. The molecule has 0 aliphatic heterocycles. The number of nitrogens with two attached hydrogens (primary N) is 1. The van der Waals surface area contributed by atoms with Crippen LogP contribution in [0.4, 0.5) is 0 Å². The van der Waals surface area contributed by atoms with E-state index >= 15 is 0 Å². The summed E-state index contributed by atoms with van der Waals surface area (Å²) in [6.45, 7) is 4.82. The zero-order valence-electron chi connectivity index (χ0n) is 9.66. The number of hydrogen-bond acceptors (Lipinski definition) is 2. The zero-order chi connectivity index (χ0) is 11.3. The Morgan fingerprint density at radius 3 is 2.67 bits per heavy atom. The second kappa shape index (κ2) is 5.89. The summed E-state index contributed by atoms with van der Waals surface area (Å²) in [5.41, 5.74) is 9.40. The molecule has 0 aromatic heterocycles. The van der Waals surface area contributed by atoms with Crippen LogP contribution in [0.2, 0.25) is 0 Å². The first-order valence-corrected chi connectivity index (χ1v) is 5.58. The Morgan fingerprint density at radius 1 is 1.27 bits per heavy atom. The molecular weight excluding hydrogens is 186 g/mol. The van der Waals surface area contributed by atoms with Crippen LogP contribution in [0.3, 0.4) is 0 Å². The van der Waals surface area contributed by atoms with Crippen LogP contribution in [0.15, 0.2) is 18.2 Å². The highest BCUT2D eigenvalue weighted by Crippen LogP contribution is 2.15. The molecule has 0 fully saturated rings. The van der Waals surface area contributed by atoms with Crippen LogP contribution in [0.5, 0.6) is 0 Å². The molecule has 1 atom stereocenters. The molecule has 0 aliphatic rings. The molecule has 0 amide bonds. The van der Waals surface area contributed by atoms with Crippen molar-refractivity contribution in [1.82, 2.24) is 0 Å². The molecule has 1 aromatic carbocycles. The molecule has 1 unspecified atom stereocenters. The number of aliphatic hydroxyl groups is 1. The van der Waals surface area contributed by atoms with Crippen molar-refractivity contribution in [1.29, 1.82) is 0 Å². The summed E-state index contributed by atoms with van der Waals surface area (Å²) < 4.78 is 0. The van der Waals surface area contributed by atoms with Crippen molar-refractivity contribution >= 4 is 0 Å². The Labute approximate surface area is 92.1 Å². The first kappa shape index (κ1) is 12.2. The highest BCUT2D eigenvalue weighted by molar-refractivity contribution is 5.33. The summed E-state index contributed by atoms with van der Waals surface area (Å²) in [6, 6.07) is 6.33. The average molecular weight is 207 g/mol. The van der Waals surface area contributed by atoms with Gasteiger partial charge in [-0.2, -0.15) is 0 Å². The highest BCUT2D eigenvalue weighted by atomic mass is 16.3. The third-order valence-electron chi connectivity index (χ3n) is 2.96. The van der Waals surface area contributed by atoms with Gasteiger partial charge in [-0.05, 0) is 56.3 Å². The van der Waals surface area contributed by atoms with Crippen LogP contribution in [0, 0.1) is 13.8 Å². The van der Waals surface area contributed by atoms with Crippen molar-refractivity contribution in [2.45, 2.75) is 39.2 Å². The minimum Gasteiger partial charge on any atom is -0.393 e. The van der Waals surface area contributed by atoms with E-state index in [1.54, 1.807) is 0 Å². The van der Waals surface area contributed by atoms with Crippen LogP contribution in [-0.2, 0) is 6.42 Å². The molecule has 2 nitrogen and oxygen atoms in total. The van der Waals surface area contributed by atoms with E-state index in [4.69, 9.17) is 5.73 Å². The van der Waals surface area contributed by atoms with Crippen LogP contribution in [0.1, 0.15) is 29.5 Å². The molecular formula is C13H21NO. The Kier molecular flexibility index (Phi) is 4.79. The zero-order valence-corrected chi connectivity index (χ0v) is 9.66. The number of benzene rings is 1. The van der Waals surface area contributed by atoms with Gasteiger partial charge >= 0.3 is 0 Å². The van der Waals surface area contributed by atoms with Gasteiger partial charge in [0, 0.05) is 0 Å². The molecule has 0 radical (unpaired) electrons. The van der Waals surface area contributed by atoms with E-state index in [1.165, 1.54) is 16.7 Å². The maximum absolute atomic E-state index is 9.59. The van der Waals surface area contributed by atoms with Crippen molar-refractivity contribution in [2.75, 3.05) is 6.54 Å². The molecule has 1 aromatic rings. The number of aryl methyl sites for hydroxylation is 2. The summed E-state index contributed by atoms with van der Waals surface area (Å²) >= 11 is 0. The fourth-order valence-electron chi connectivity index (χ4n) is 1.74. The summed E-state index contributed by atoms with van der Waals surface area (Å²) in [7, 11) is 0. The average Bonchev–Trinajstić information content (AvgIpc) is 2.21. The van der Waals surface area contributed by atoms with Crippen molar-refractivity contribution < 1.29 is 5.11 Å². The molecule has 0 spiro atoms. The maximum Gasteiger partial charge on any atom is 0.0555 e. The molecule has 0 heterocycles. The first-order chi connectivity index (χ1) is 7.15. The lowest BCUT2D eigenvalue weighted by Gasteiger charge is -2.11. The monoisotopic (exact) mass is 207 g/mol. The van der Waals surface area contributed by atoms with E-state index in [0.717, 1.165) is 12.8 Å². The van der Waals surface area contributed by atoms with Gasteiger partial charge in [-0.3, -0.25) is 0 Å². The predicted octanol–water partition coefficient (Wildman–Crippen LogP) is 1.95. The van der Waals surface area contributed by atoms with E-state index in [1.807, 2.05) is 0 Å². The van der Waals surface area contributed by atoms with E-state index in [2.05, 4.69) is 32.0 Å².